The molecule has 0 fully saturated rings. The number of carbonyl (C=O) groups is 1. The van der Waals surface area contributed by atoms with Gasteiger partial charge in [-0.15, -0.1) is 0 Å². The van der Waals surface area contributed by atoms with E-state index in [9.17, 15) is 23.1 Å². The third kappa shape index (κ3) is 1.95. The molecule has 0 aliphatic heterocycles. The minimum atomic E-state index is -5.00. The highest BCUT2D eigenvalue weighted by Gasteiger charge is 2.41. The minimum absolute atomic E-state index is 0.0924. The normalized spacial score (nSPS) is 11.7. The van der Waals surface area contributed by atoms with Crippen molar-refractivity contribution < 1.29 is 23.1 Å². The van der Waals surface area contributed by atoms with E-state index >= 15 is 0 Å². The van der Waals surface area contributed by atoms with Crippen LogP contribution < -0.4 is 0 Å². The fourth-order valence-corrected chi connectivity index (χ4v) is 1.64. The van der Waals surface area contributed by atoms with Gasteiger partial charge >= 0.3 is 6.18 Å². The third-order valence-electron chi connectivity index (χ3n) is 2.39. The van der Waals surface area contributed by atoms with E-state index in [1.54, 1.807) is 12.1 Å². The van der Waals surface area contributed by atoms with Crippen LogP contribution in [0.15, 0.2) is 36.4 Å². The number of hydrogen-bond acceptors (Lipinski definition) is 2. The second-order valence-electron chi connectivity index (χ2n) is 3.51. The van der Waals surface area contributed by atoms with Gasteiger partial charge in [-0.05, 0) is 16.8 Å². The Morgan fingerprint density at radius 1 is 1.06 bits per heavy atom. The number of halogens is 3. The average Bonchev–Trinajstić information content (AvgIpc) is 2.27. The zero-order valence-electron chi connectivity index (χ0n) is 8.45. The second-order valence-corrected chi connectivity index (χ2v) is 3.51. The van der Waals surface area contributed by atoms with Crippen molar-refractivity contribution in [3.63, 3.8) is 0 Å². The van der Waals surface area contributed by atoms with Gasteiger partial charge in [0.25, 0.3) is 5.78 Å². The Balaban J connectivity index is 2.76. The van der Waals surface area contributed by atoms with Crippen LogP contribution in [0.1, 0.15) is 10.4 Å². The van der Waals surface area contributed by atoms with Crippen molar-refractivity contribution in [2.75, 3.05) is 0 Å². The number of rotatable bonds is 1. The molecule has 17 heavy (non-hydrogen) atoms. The Bertz CT molecular complexity index is 588. The molecule has 0 saturated heterocycles. The molecule has 0 aliphatic rings. The number of phenolic OH excluding ortho intramolecular Hbond substituents is 1. The first-order chi connectivity index (χ1) is 7.91. The average molecular weight is 240 g/mol. The van der Waals surface area contributed by atoms with Gasteiger partial charge < -0.3 is 5.11 Å². The van der Waals surface area contributed by atoms with Crippen LogP contribution in [0.3, 0.4) is 0 Å². The Kier molecular flexibility index (Phi) is 2.53. The van der Waals surface area contributed by atoms with Crippen molar-refractivity contribution in [2.24, 2.45) is 0 Å². The zero-order valence-corrected chi connectivity index (χ0v) is 8.45. The molecule has 0 unspecified atom stereocenters. The summed E-state index contributed by atoms with van der Waals surface area (Å²) < 4.78 is 37.1. The molecular weight excluding hydrogens is 233 g/mol. The van der Waals surface area contributed by atoms with Gasteiger partial charge in [-0.2, -0.15) is 13.2 Å². The lowest BCUT2D eigenvalue weighted by Gasteiger charge is -2.10. The number of benzene rings is 2. The van der Waals surface area contributed by atoms with Gasteiger partial charge in [0.1, 0.15) is 5.75 Å². The molecule has 2 nitrogen and oxygen atoms in total. The standard InChI is InChI=1S/C12H7F3O2/c13-12(14,15)11(17)10-8-4-2-1-3-7(8)5-6-9(10)16/h1-6,16H. The fourth-order valence-electron chi connectivity index (χ4n) is 1.64. The molecule has 0 spiro atoms. The summed E-state index contributed by atoms with van der Waals surface area (Å²) in [6.45, 7) is 0. The quantitative estimate of drug-likeness (QED) is 0.776. The number of carbonyl (C=O) groups excluding carboxylic acids is 1. The molecule has 0 bridgehead atoms. The van der Waals surface area contributed by atoms with Crippen LogP contribution in [0.2, 0.25) is 0 Å². The van der Waals surface area contributed by atoms with Crippen LogP contribution in [0, 0.1) is 0 Å². The molecule has 0 saturated carbocycles. The summed E-state index contributed by atoms with van der Waals surface area (Å²) in [5.41, 5.74) is -0.699. The second kappa shape index (κ2) is 3.76. The molecule has 0 radical (unpaired) electrons. The molecule has 0 heterocycles. The number of alkyl halides is 3. The van der Waals surface area contributed by atoms with E-state index in [1.165, 1.54) is 18.2 Å². The smallest absolute Gasteiger partial charge is 0.455 e. The van der Waals surface area contributed by atoms with Gasteiger partial charge in [0.2, 0.25) is 0 Å². The first-order valence-corrected chi connectivity index (χ1v) is 4.73. The number of phenols is 1. The number of Topliss-reactive ketones (excluding diaryl/α,β-unsaturated/α-hetero) is 1. The summed E-state index contributed by atoms with van der Waals surface area (Å²) in [6.07, 6.45) is -5.00. The van der Waals surface area contributed by atoms with E-state index in [1.807, 2.05) is 0 Å². The summed E-state index contributed by atoms with van der Waals surface area (Å²) in [5.74, 6) is -2.70. The highest BCUT2D eigenvalue weighted by Crippen LogP contribution is 2.32. The lowest BCUT2D eigenvalue weighted by molar-refractivity contribution is -0.0885. The van der Waals surface area contributed by atoms with Crippen LogP contribution >= 0.6 is 0 Å². The molecule has 5 heteroatoms. The first-order valence-electron chi connectivity index (χ1n) is 4.73. The largest absolute Gasteiger partial charge is 0.507 e. The maximum atomic E-state index is 12.4. The molecule has 88 valence electrons. The molecule has 0 atom stereocenters. The van der Waals surface area contributed by atoms with Crippen molar-refractivity contribution in [1.82, 2.24) is 0 Å². The Morgan fingerprint density at radius 3 is 2.35 bits per heavy atom. The topological polar surface area (TPSA) is 37.3 Å². The lowest BCUT2D eigenvalue weighted by Crippen LogP contribution is -2.23. The highest BCUT2D eigenvalue weighted by molar-refractivity contribution is 6.12. The van der Waals surface area contributed by atoms with Crippen LogP contribution in [0.4, 0.5) is 13.2 Å². The first kappa shape index (κ1) is 11.4. The number of hydrogen-bond donors (Lipinski definition) is 1. The van der Waals surface area contributed by atoms with Gasteiger partial charge in [0, 0.05) is 0 Å². The molecule has 2 aromatic rings. The van der Waals surface area contributed by atoms with E-state index in [2.05, 4.69) is 0 Å². The molecule has 0 amide bonds. The minimum Gasteiger partial charge on any atom is -0.507 e. The molecular formula is C12H7F3O2. The predicted molar refractivity (Wildman–Crippen MR) is 56.0 cm³/mol. The van der Waals surface area contributed by atoms with E-state index in [-0.39, 0.29) is 5.39 Å². The van der Waals surface area contributed by atoms with E-state index in [0.717, 1.165) is 6.07 Å². The fraction of sp³-hybridized carbons (Fsp3) is 0.0833. The number of fused-ring (bicyclic) bond motifs is 1. The summed E-state index contributed by atoms with van der Waals surface area (Å²) in [4.78, 5) is 11.2. The van der Waals surface area contributed by atoms with Crippen molar-refractivity contribution in [2.45, 2.75) is 6.18 Å². The number of aromatic hydroxyl groups is 1. The van der Waals surface area contributed by atoms with Gasteiger partial charge in [-0.3, -0.25) is 4.79 Å². The van der Waals surface area contributed by atoms with E-state index in [4.69, 9.17) is 0 Å². The van der Waals surface area contributed by atoms with Gasteiger partial charge in [-0.1, -0.05) is 30.3 Å². The van der Waals surface area contributed by atoms with Crippen LogP contribution in [-0.2, 0) is 0 Å². The summed E-state index contributed by atoms with van der Waals surface area (Å²) in [5, 5.41) is 9.98. The molecule has 2 aromatic carbocycles. The maximum absolute atomic E-state index is 12.4. The van der Waals surface area contributed by atoms with Crippen LogP contribution in [0.25, 0.3) is 10.8 Å². The van der Waals surface area contributed by atoms with Crippen LogP contribution in [-0.4, -0.2) is 17.1 Å². The molecule has 0 aliphatic carbocycles. The molecule has 0 aromatic heterocycles. The SMILES string of the molecule is O=C(c1c(O)ccc2ccccc12)C(F)(F)F. The number of ketones is 1. The predicted octanol–water partition coefficient (Wildman–Crippen LogP) is 3.29. The lowest BCUT2D eigenvalue weighted by atomic mass is 10.00. The van der Waals surface area contributed by atoms with Crippen LogP contribution in [0.5, 0.6) is 5.75 Å². The maximum Gasteiger partial charge on any atom is 0.455 e. The van der Waals surface area contributed by atoms with Gasteiger partial charge in [-0.25, -0.2) is 0 Å². The Labute approximate surface area is 94.3 Å². The van der Waals surface area contributed by atoms with E-state index in [0.29, 0.717) is 5.39 Å². The summed E-state index contributed by atoms with van der Waals surface area (Å²) >= 11 is 0. The third-order valence-corrected chi connectivity index (χ3v) is 2.39. The zero-order chi connectivity index (χ0) is 12.6. The summed E-state index contributed by atoms with van der Waals surface area (Å²) in [7, 11) is 0. The van der Waals surface area contributed by atoms with Gasteiger partial charge in [0.05, 0.1) is 5.56 Å². The molecule has 1 N–H and O–H groups in total. The van der Waals surface area contributed by atoms with Crippen molar-refractivity contribution in [3.8, 4) is 5.75 Å². The monoisotopic (exact) mass is 240 g/mol. The van der Waals surface area contributed by atoms with Crippen molar-refractivity contribution in [3.05, 3.63) is 42.0 Å². The highest BCUT2D eigenvalue weighted by atomic mass is 19.4. The Morgan fingerprint density at radius 2 is 1.71 bits per heavy atom. The molecule has 2 rings (SSSR count). The van der Waals surface area contributed by atoms with Crippen molar-refractivity contribution in [1.29, 1.82) is 0 Å². The van der Waals surface area contributed by atoms with Gasteiger partial charge in [0.15, 0.2) is 0 Å². The van der Waals surface area contributed by atoms with Crippen molar-refractivity contribution >= 4 is 16.6 Å². The Hall–Kier alpha value is -2.04. The summed E-state index contributed by atoms with van der Waals surface area (Å²) in [6, 6.07) is 8.63. The van der Waals surface area contributed by atoms with E-state index < -0.39 is 23.3 Å².